The Balaban J connectivity index is 2.46. The van der Waals surface area contributed by atoms with E-state index < -0.39 is 21.0 Å². The van der Waals surface area contributed by atoms with E-state index in [4.69, 9.17) is 10.5 Å². The summed E-state index contributed by atoms with van der Waals surface area (Å²) in [6.45, 7) is 10.7. The van der Waals surface area contributed by atoms with Gasteiger partial charge >= 0.3 is 0 Å². The molecule has 0 saturated carbocycles. The van der Waals surface area contributed by atoms with Gasteiger partial charge in [-0.05, 0) is 24.6 Å². The second-order valence-corrected chi connectivity index (χ2v) is 10.5. The Labute approximate surface area is 95.3 Å². The third-order valence-electron chi connectivity index (χ3n) is 3.45. The molecule has 0 amide bonds. The Morgan fingerprint density at radius 1 is 1.53 bits per heavy atom. The number of aliphatic hydroxyl groups excluding tert-OH is 1. The zero-order chi connectivity index (χ0) is 12.6. The smallest absolute Gasteiger partial charge is 0.192 e. The van der Waals surface area contributed by atoms with Crippen LogP contribution in [0.5, 0.6) is 0 Å². The molecular weight excluding hydrogens is 208 g/mol. The van der Waals surface area contributed by atoms with Gasteiger partial charge in [0.25, 0.3) is 0 Å². The first-order valence-electron chi connectivity index (χ1n) is 6.11. The summed E-state index contributed by atoms with van der Waals surface area (Å²) in [6, 6.07) is 0. The van der Waals surface area contributed by atoms with E-state index in [1.807, 2.05) is 0 Å². The average molecular weight is 234 g/mol. The minimum atomic E-state index is -1.78. The van der Waals surface area contributed by atoms with Crippen molar-refractivity contribution in [2.24, 2.45) is 0 Å². The molecule has 0 radical (unpaired) electrons. The SMILES string of the molecule is [3H]C1C[C@@H](O)[C@@H](CO[Si](C)(C)C(C)(C)C)O1. The summed E-state index contributed by atoms with van der Waals surface area (Å²) >= 11 is 0. The van der Waals surface area contributed by atoms with E-state index in [1.54, 1.807) is 0 Å². The molecule has 1 aliphatic heterocycles. The third kappa shape index (κ3) is 3.28. The zero-order valence-corrected chi connectivity index (χ0v) is 11.4. The minimum Gasteiger partial charge on any atom is -0.414 e. The molecule has 1 rings (SSSR count). The molecule has 0 aromatic heterocycles. The van der Waals surface area contributed by atoms with Gasteiger partial charge in [0.15, 0.2) is 8.32 Å². The van der Waals surface area contributed by atoms with Crippen molar-refractivity contribution < 1.29 is 15.6 Å². The van der Waals surface area contributed by atoms with Gasteiger partial charge < -0.3 is 14.3 Å². The van der Waals surface area contributed by atoms with E-state index in [0.717, 1.165) is 0 Å². The van der Waals surface area contributed by atoms with Crippen molar-refractivity contribution in [2.45, 2.75) is 57.5 Å². The van der Waals surface area contributed by atoms with Crippen LogP contribution in [0.3, 0.4) is 0 Å². The standard InChI is InChI=1S/C11H24O3Si/c1-11(2,3)15(4,5)14-8-10-9(12)6-7-13-10/h9-10,12H,6-8H2,1-5H3/t9-,10-/m1/s1/i7T/t7?,9-,10-. The lowest BCUT2D eigenvalue weighted by atomic mass is 10.2. The van der Waals surface area contributed by atoms with Gasteiger partial charge in [-0.2, -0.15) is 0 Å². The zero-order valence-electron chi connectivity index (χ0n) is 11.4. The summed E-state index contributed by atoms with van der Waals surface area (Å²) < 4.78 is 18.7. The highest BCUT2D eigenvalue weighted by Crippen LogP contribution is 2.36. The summed E-state index contributed by atoms with van der Waals surface area (Å²) in [5, 5.41) is 9.81. The van der Waals surface area contributed by atoms with E-state index in [0.29, 0.717) is 13.0 Å². The fourth-order valence-electron chi connectivity index (χ4n) is 1.18. The summed E-state index contributed by atoms with van der Waals surface area (Å²) in [5.41, 5.74) is 0. The van der Waals surface area contributed by atoms with Crippen molar-refractivity contribution in [1.82, 2.24) is 0 Å². The van der Waals surface area contributed by atoms with Crippen molar-refractivity contribution in [3.8, 4) is 0 Å². The van der Waals surface area contributed by atoms with Crippen LogP contribution in [0.2, 0.25) is 18.1 Å². The fourth-order valence-corrected chi connectivity index (χ4v) is 2.19. The van der Waals surface area contributed by atoms with Gasteiger partial charge in [0.05, 0.1) is 14.1 Å². The molecule has 0 aliphatic carbocycles. The topological polar surface area (TPSA) is 38.7 Å². The maximum atomic E-state index is 9.65. The maximum Gasteiger partial charge on any atom is 0.192 e. The molecule has 1 fully saturated rings. The number of hydrogen-bond acceptors (Lipinski definition) is 3. The van der Waals surface area contributed by atoms with Crippen molar-refractivity contribution >= 4 is 8.32 Å². The van der Waals surface area contributed by atoms with Crippen LogP contribution in [-0.2, 0) is 9.16 Å². The third-order valence-corrected chi connectivity index (χ3v) is 7.95. The molecule has 1 N–H and O–H groups in total. The lowest BCUT2D eigenvalue weighted by Gasteiger charge is -2.37. The minimum absolute atomic E-state index is 0.164. The first kappa shape index (κ1) is 11.6. The molecule has 3 nitrogen and oxygen atoms in total. The van der Waals surface area contributed by atoms with Crippen LogP contribution < -0.4 is 0 Å². The van der Waals surface area contributed by atoms with Gasteiger partial charge in [-0.3, -0.25) is 0 Å². The predicted molar refractivity (Wildman–Crippen MR) is 63.5 cm³/mol. The van der Waals surface area contributed by atoms with Gasteiger partial charge in [-0.15, -0.1) is 0 Å². The molecule has 3 atom stereocenters. The molecule has 1 heterocycles. The van der Waals surface area contributed by atoms with Crippen LogP contribution in [0.4, 0.5) is 0 Å². The van der Waals surface area contributed by atoms with Crippen molar-refractivity contribution in [2.75, 3.05) is 13.2 Å². The Kier molecular flexibility index (Phi) is 3.50. The highest BCUT2D eigenvalue weighted by Gasteiger charge is 2.38. The summed E-state index contributed by atoms with van der Waals surface area (Å²) in [7, 11) is -1.78. The Bertz CT molecular complexity index is 240. The van der Waals surface area contributed by atoms with Gasteiger partial charge in [-0.25, -0.2) is 0 Å². The van der Waals surface area contributed by atoms with Crippen LogP contribution in [0.1, 0.15) is 28.6 Å². The van der Waals surface area contributed by atoms with Crippen LogP contribution >= 0.6 is 0 Å². The average Bonchev–Trinajstić information content (AvgIpc) is 2.39. The molecule has 4 heteroatoms. The fraction of sp³-hybridized carbons (Fsp3) is 1.00. The molecule has 0 aromatic carbocycles. The van der Waals surface area contributed by atoms with Crippen molar-refractivity contribution in [3.63, 3.8) is 0 Å². The molecule has 1 aliphatic rings. The predicted octanol–water partition coefficient (Wildman–Crippen LogP) is 2.16. The summed E-state index contributed by atoms with van der Waals surface area (Å²) in [4.78, 5) is 0. The number of ether oxygens (including phenoxy) is 1. The number of hydrogen-bond donors (Lipinski definition) is 1. The lowest BCUT2D eigenvalue weighted by Crippen LogP contribution is -2.43. The Morgan fingerprint density at radius 2 is 2.13 bits per heavy atom. The second kappa shape index (κ2) is 4.53. The second-order valence-electron chi connectivity index (χ2n) is 5.72. The van der Waals surface area contributed by atoms with Crippen LogP contribution in [0.15, 0.2) is 0 Å². The van der Waals surface area contributed by atoms with Gasteiger partial charge in [0, 0.05) is 6.58 Å². The Morgan fingerprint density at radius 3 is 2.53 bits per heavy atom. The van der Waals surface area contributed by atoms with E-state index in [9.17, 15) is 5.11 Å². The van der Waals surface area contributed by atoms with E-state index in [1.165, 1.54) is 0 Å². The van der Waals surface area contributed by atoms with Crippen LogP contribution in [-0.4, -0.2) is 38.8 Å². The summed E-state index contributed by atoms with van der Waals surface area (Å²) in [6.07, 6.45) is -0.477. The molecule has 1 unspecified atom stereocenters. The van der Waals surface area contributed by atoms with Crippen molar-refractivity contribution in [3.05, 3.63) is 0 Å². The molecule has 90 valence electrons. The van der Waals surface area contributed by atoms with Crippen LogP contribution in [0.25, 0.3) is 0 Å². The quantitative estimate of drug-likeness (QED) is 0.761. The van der Waals surface area contributed by atoms with E-state index >= 15 is 0 Å². The van der Waals surface area contributed by atoms with Gasteiger partial charge in [-0.1, -0.05) is 20.8 Å². The van der Waals surface area contributed by atoms with Crippen LogP contribution in [0, 0.1) is 0 Å². The molecule has 0 bridgehead atoms. The lowest BCUT2D eigenvalue weighted by molar-refractivity contribution is 0.00746. The number of aliphatic hydroxyl groups is 1. The maximum absolute atomic E-state index is 9.65. The molecule has 15 heavy (non-hydrogen) atoms. The normalized spacial score (nSPS) is 34.3. The van der Waals surface area contributed by atoms with Crippen molar-refractivity contribution in [1.29, 1.82) is 0 Å². The number of rotatable bonds is 3. The van der Waals surface area contributed by atoms with E-state index in [2.05, 4.69) is 33.9 Å². The molecule has 0 aromatic rings. The molecular formula is C11H24O3Si. The Hall–Kier alpha value is 0.0969. The highest BCUT2D eigenvalue weighted by molar-refractivity contribution is 6.74. The summed E-state index contributed by atoms with van der Waals surface area (Å²) in [5.74, 6) is 0. The highest BCUT2D eigenvalue weighted by atomic mass is 28.4. The van der Waals surface area contributed by atoms with E-state index in [-0.39, 0.29) is 11.1 Å². The first-order chi connectivity index (χ1) is 7.13. The van der Waals surface area contributed by atoms with Gasteiger partial charge in [0.1, 0.15) is 6.10 Å². The largest absolute Gasteiger partial charge is 0.414 e. The van der Waals surface area contributed by atoms with Gasteiger partial charge in [0.2, 0.25) is 0 Å². The molecule has 0 spiro atoms. The monoisotopic (exact) mass is 234 g/mol. The molecule has 1 saturated heterocycles. The first-order valence-corrected chi connectivity index (χ1v) is 8.44.